The number of para-hydroxylation sites is 1. The van der Waals surface area contributed by atoms with Gasteiger partial charge in [-0.25, -0.2) is 0 Å². The topological polar surface area (TPSA) is 84.9 Å². The van der Waals surface area contributed by atoms with Gasteiger partial charge in [0.25, 0.3) is 5.91 Å². The van der Waals surface area contributed by atoms with Crippen molar-refractivity contribution in [1.29, 1.82) is 0 Å². The van der Waals surface area contributed by atoms with Crippen LogP contribution in [-0.2, 0) is 30.5 Å². The Balaban J connectivity index is 1.64. The van der Waals surface area contributed by atoms with Gasteiger partial charge in [-0.05, 0) is 43.5 Å². The average Bonchev–Trinajstić information content (AvgIpc) is 3.01. The quantitative estimate of drug-likeness (QED) is 0.262. The van der Waals surface area contributed by atoms with E-state index in [1.807, 2.05) is 78.9 Å². The van der Waals surface area contributed by atoms with Crippen molar-refractivity contribution in [1.82, 2.24) is 5.32 Å². The lowest BCUT2D eigenvalue weighted by Crippen LogP contribution is -2.49. The Kier molecular flexibility index (Phi) is 8.04. The van der Waals surface area contributed by atoms with Gasteiger partial charge in [0, 0.05) is 12.1 Å². The number of hydrogen-bond donors (Lipinski definition) is 1. The molecule has 4 rings (SSSR count). The Morgan fingerprint density at radius 3 is 2.30 bits per heavy atom. The van der Waals surface area contributed by atoms with Crippen LogP contribution >= 0.6 is 0 Å². The monoisotopic (exact) mass is 500 g/mol. The molecule has 2 amide bonds. The van der Waals surface area contributed by atoms with Crippen molar-refractivity contribution in [2.45, 2.75) is 33.4 Å². The summed E-state index contributed by atoms with van der Waals surface area (Å²) in [7, 11) is 0. The minimum atomic E-state index is -1.46. The van der Waals surface area contributed by atoms with E-state index in [1.165, 1.54) is 13.8 Å². The van der Waals surface area contributed by atoms with E-state index in [2.05, 4.69) is 5.32 Å². The van der Waals surface area contributed by atoms with Gasteiger partial charge in [0.1, 0.15) is 11.5 Å². The molecule has 0 fully saturated rings. The Morgan fingerprint density at radius 1 is 0.919 bits per heavy atom. The molecule has 1 aliphatic heterocycles. The van der Waals surface area contributed by atoms with Crippen molar-refractivity contribution in [3.05, 3.63) is 90.0 Å². The largest absolute Gasteiger partial charge is 0.465 e. The molecule has 0 saturated carbocycles. The van der Waals surface area contributed by atoms with Crippen LogP contribution < -0.4 is 10.2 Å². The first kappa shape index (κ1) is 26.1. The van der Waals surface area contributed by atoms with Crippen LogP contribution in [0.4, 0.5) is 5.69 Å². The summed E-state index contributed by atoms with van der Waals surface area (Å²) >= 11 is 0. The molecule has 0 unspecified atom stereocenters. The molecule has 0 saturated heterocycles. The fourth-order valence-electron chi connectivity index (χ4n) is 4.34. The van der Waals surface area contributed by atoms with E-state index in [9.17, 15) is 14.4 Å². The van der Waals surface area contributed by atoms with Gasteiger partial charge >= 0.3 is 5.97 Å². The van der Waals surface area contributed by atoms with Gasteiger partial charge in [0.05, 0.1) is 25.5 Å². The molecule has 1 aliphatic rings. The SMILES string of the molecule is CCOC(=O)C(C)(C)C(=O)N[C@@H]1C(=O)N(CCOCc2ccccc2)c2ccccc2-c2ccccc21. The summed E-state index contributed by atoms with van der Waals surface area (Å²) in [5.74, 6) is -1.52. The summed E-state index contributed by atoms with van der Waals surface area (Å²) in [5, 5.41) is 2.85. The number of anilines is 1. The van der Waals surface area contributed by atoms with Gasteiger partial charge in [0.15, 0.2) is 0 Å². The van der Waals surface area contributed by atoms with Gasteiger partial charge in [-0.1, -0.05) is 72.8 Å². The molecule has 7 nitrogen and oxygen atoms in total. The van der Waals surface area contributed by atoms with Crippen LogP contribution in [-0.4, -0.2) is 37.5 Å². The number of ether oxygens (including phenoxy) is 2. The van der Waals surface area contributed by atoms with E-state index < -0.39 is 23.3 Å². The number of benzene rings is 3. The van der Waals surface area contributed by atoms with Crippen LogP contribution in [0, 0.1) is 5.41 Å². The molecule has 0 spiro atoms. The van der Waals surface area contributed by atoms with Crippen molar-refractivity contribution in [3.8, 4) is 11.1 Å². The number of carbonyl (C=O) groups excluding carboxylic acids is 3. The first-order chi connectivity index (χ1) is 17.8. The van der Waals surface area contributed by atoms with Crippen LogP contribution in [0.25, 0.3) is 11.1 Å². The molecule has 0 aliphatic carbocycles. The molecular weight excluding hydrogens is 468 g/mol. The highest BCUT2D eigenvalue weighted by Crippen LogP contribution is 2.40. The highest BCUT2D eigenvalue weighted by atomic mass is 16.5. The lowest BCUT2D eigenvalue weighted by atomic mass is 9.90. The number of nitrogens with zero attached hydrogens (tertiary/aromatic N) is 1. The van der Waals surface area contributed by atoms with E-state index in [4.69, 9.17) is 9.47 Å². The third kappa shape index (κ3) is 5.57. The summed E-state index contributed by atoms with van der Waals surface area (Å²) < 4.78 is 11.0. The summed E-state index contributed by atoms with van der Waals surface area (Å²) in [6, 6.07) is 24.0. The Bertz CT molecular complexity index is 1270. The number of rotatable bonds is 9. The second-order valence-corrected chi connectivity index (χ2v) is 9.38. The van der Waals surface area contributed by atoms with E-state index in [0.717, 1.165) is 22.4 Å². The number of carbonyl (C=O) groups is 3. The fourth-order valence-corrected chi connectivity index (χ4v) is 4.34. The lowest BCUT2D eigenvalue weighted by molar-refractivity contribution is -0.159. The molecule has 0 aromatic heterocycles. The standard InChI is InChI=1S/C30H32N2O5/c1-4-37-29(35)30(2,3)28(34)31-26-24-16-9-8-14-22(24)23-15-10-11-17-25(23)32(27(26)33)18-19-36-20-21-12-6-5-7-13-21/h5-17,26H,4,18-20H2,1-3H3,(H,31,34)/t26-/m0/s1. The normalized spacial score (nSPS) is 14.8. The van der Waals surface area contributed by atoms with Crippen molar-refractivity contribution >= 4 is 23.5 Å². The van der Waals surface area contributed by atoms with Crippen LogP contribution in [0.3, 0.4) is 0 Å². The fraction of sp³-hybridized carbons (Fsp3) is 0.300. The summed E-state index contributed by atoms with van der Waals surface area (Å²) in [5.41, 5.74) is 2.72. The molecule has 1 heterocycles. The maximum absolute atomic E-state index is 14.0. The smallest absolute Gasteiger partial charge is 0.321 e. The summed E-state index contributed by atoms with van der Waals surface area (Å²) in [4.78, 5) is 41.5. The van der Waals surface area contributed by atoms with Crippen LogP contribution in [0.2, 0.25) is 0 Å². The van der Waals surface area contributed by atoms with Gasteiger partial charge in [-0.3, -0.25) is 14.4 Å². The van der Waals surface area contributed by atoms with Gasteiger partial charge in [0.2, 0.25) is 5.91 Å². The molecule has 1 atom stereocenters. The van der Waals surface area contributed by atoms with Gasteiger partial charge in [-0.2, -0.15) is 0 Å². The minimum Gasteiger partial charge on any atom is -0.465 e. The minimum absolute atomic E-state index is 0.160. The predicted octanol–water partition coefficient (Wildman–Crippen LogP) is 4.66. The summed E-state index contributed by atoms with van der Waals surface area (Å²) in [6.07, 6.45) is 0. The average molecular weight is 501 g/mol. The molecule has 3 aromatic rings. The van der Waals surface area contributed by atoms with E-state index in [1.54, 1.807) is 11.8 Å². The van der Waals surface area contributed by atoms with Gasteiger partial charge < -0.3 is 19.7 Å². The third-order valence-electron chi connectivity index (χ3n) is 6.47. The van der Waals surface area contributed by atoms with Crippen molar-refractivity contribution < 1.29 is 23.9 Å². The highest BCUT2D eigenvalue weighted by Gasteiger charge is 2.42. The molecular formula is C30H32N2O5. The first-order valence-corrected chi connectivity index (χ1v) is 12.4. The molecule has 1 N–H and O–H groups in total. The second-order valence-electron chi connectivity index (χ2n) is 9.38. The number of amides is 2. The number of hydrogen-bond acceptors (Lipinski definition) is 5. The van der Waals surface area contributed by atoms with Crippen LogP contribution in [0.1, 0.15) is 37.9 Å². The zero-order valence-electron chi connectivity index (χ0n) is 21.4. The Hall–Kier alpha value is -3.97. The predicted molar refractivity (Wildman–Crippen MR) is 142 cm³/mol. The number of fused-ring (bicyclic) bond motifs is 3. The van der Waals surface area contributed by atoms with Crippen molar-refractivity contribution in [2.24, 2.45) is 5.41 Å². The van der Waals surface area contributed by atoms with Crippen molar-refractivity contribution in [2.75, 3.05) is 24.7 Å². The number of esters is 1. The molecule has 37 heavy (non-hydrogen) atoms. The third-order valence-corrected chi connectivity index (χ3v) is 6.47. The zero-order valence-corrected chi connectivity index (χ0v) is 21.4. The van der Waals surface area contributed by atoms with Crippen LogP contribution in [0.5, 0.6) is 0 Å². The van der Waals surface area contributed by atoms with E-state index in [-0.39, 0.29) is 12.5 Å². The van der Waals surface area contributed by atoms with Crippen LogP contribution in [0.15, 0.2) is 78.9 Å². The maximum Gasteiger partial charge on any atom is 0.321 e. The van der Waals surface area contributed by atoms with Crippen molar-refractivity contribution in [3.63, 3.8) is 0 Å². The molecule has 0 radical (unpaired) electrons. The molecule has 3 aromatic carbocycles. The first-order valence-electron chi connectivity index (χ1n) is 12.4. The van der Waals surface area contributed by atoms with Gasteiger partial charge in [-0.15, -0.1) is 0 Å². The van der Waals surface area contributed by atoms with E-state index in [0.29, 0.717) is 25.3 Å². The zero-order chi connectivity index (χ0) is 26.4. The molecule has 7 heteroatoms. The molecule has 192 valence electrons. The van der Waals surface area contributed by atoms with E-state index >= 15 is 0 Å². The Labute approximate surface area is 217 Å². The number of nitrogens with one attached hydrogen (secondary N) is 1. The lowest BCUT2D eigenvalue weighted by Gasteiger charge is -2.29. The second kappa shape index (κ2) is 11.4. The Morgan fingerprint density at radius 2 is 1.57 bits per heavy atom. The summed E-state index contributed by atoms with van der Waals surface area (Å²) in [6.45, 7) is 5.87. The maximum atomic E-state index is 14.0. The highest BCUT2D eigenvalue weighted by molar-refractivity contribution is 6.08. The molecule has 0 bridgehead atoms.